The van der Waals surface area contributed by atoms with Gasteiger partial charge in [0, 0.05) is 42.6 Å². The Balaban J connectivity index is 1.35. The Morgan fingerprint density at radius 2 is 1.68 bits per heavy atom. The first-order chi connectivity index (χ1) is 18.1. The van der Waals surface area contributed by atoms with Gasteiger partial charge < -0.3 is 15.5 Å². The van der Waals surface area contributed by atoms with E-state index in [1.54, 1.807) is 13.8 Å². The van der Waals surface area contributed by atoms with Crippen LogP contribution in [0.5, 0.6) is 0 Å². The molecule has 4 rings (SSSR count). The van der Waals surface area contributed by atoms with Gasteiger partial charge in [-0.2, -0.15) is 0 Å². The van der Waals surface area contributed by atoms with Crippen LogP contribution in [0, 0.1) is 17.8 Å². The summed E-state index contributed by atoms with van der Waals surface area (Å²) in [7, 11) is 0. The third kappa shape index (κ3) is 6.95. The molecule has 2 aliphatic heterocycles. The van der Waals surface area contributed by atoms with Gasteiger partial charge in [0.2, 0.25) is 17.7 Å². The number of hydrogen-bond acceptors (Lipinski definition) is 4. The maximum Gasteiger partial charge on any atom is 0.262 e. The lowest BCUT2D eigenvalue weighted by Gasteiger charge is -2.25. The van der Waals surface area contributed by atoms with Crippen molar-refractivity contribution in [2.45, 2.75) is 57.3 Å². The van der Waals surface area contributed by atoms with E-state index in [2.05, 4.69) is 27.8 Å². The molecule has 2 aromatic carbocycles. The summed E-state index contributed by atoms with van der Waals surface area (Å²) in [6.07, 6.45) is -0.353. The topological polar surface area (TPSA) is 90.5 Å². The standard InChI is InChI=1S/C29H32F2N4O3/c1-19(2)28(38)35-17-23(34-26(36)24-15-29(30,31)18-33-24)14-25(35)27(37)32-16-22-12-10-21(11-13-22)9-8-20-6-4-3-5-7-20/h3-7,10-13,19,23-25,33H,14-18H2,1-2H3,(H,32,37)(H,34,36)/t23-,24+,25-/m1/s1. The normalized spacial score (nSPS) is 22.0. The number of alkyl halides is 2. The van der Waals surface area contributed by atoms with Gasteiger partial charge in [-0.1, -0.05) is 56.0 Å². The highest BCUT2D eigenvalue weighted by Gasteiger charge is 2.45. The fourth-order valence-electron chi connectivity index (χ4n) is 4.65. The molecule has 0 saturated carbocycles. The molecule has 2 heterocycles. The van der Waals surface area contributed by atoms with Crippen molar-refractivity contribution in [1.82, 2.24) is 20.9 Å². The molecular weight excluding hydrogens is 490 g/mol. The number of amides is 3. The van der Waals surface area contributed by atoms with Gasteiger partial charge in [0.05, 0.1) is 12.6 Å². The number of halogens is 2. The van der Waals surface area contributed by atoms with Crippen LogP contribution < -0.4 is 16.0 Å². The molecule has 0 spiro atoms. The quantitative estimate of drug-likeness (QED) is 0.509. The monoisotopic (exact) mass is 522 g/mol. The zero-order valence-corrected chi connectivity index (χ0v) is 21.5. The van der Waals surface area contributed by atoms with E-state index in [9.17, 15) is 23.2 Å². The summed E-state index contributed by atoms with van der Waals surface area (Å²) >= 11 is 0. The molecule has 0 aromatic heterocycles. The van der Waals surface area contributed by atoms with Crippen molar-refractivity contribution in [2.24, 2.45) is 5.92 Å². The van der Waals surface area contributed by atoms with E-state index in [0.717, 1.165) is 16.7 Å². The molecular formula is C29H32F2N4O3. The first-order valence-corrected chi connectivity index (χ1v) is 12.8. The van der Waals surface area contributed by atoms with Crippen LogP contribution in [-0.2, 0) is 20.9 Å². The average Bonchev–Trinajstić information content (AvgIpc) is 3.49. The summed E-state index contributed by atoms with van der Waals surface area (Å²) in [5.41, 5.74) is 2.65. The first-order valence-electron chi connectivity index (χ1n) is 12.8. The highest BCUT2D eigenvalue weighted by atomic mass is 19.3. The van der Waals surface area contributed by atoms with E-state index >= 15 is 0 Å². The van der Waals surface area contributed by atoms with Gasteiger partial charge in [0.1, 0.15) is 6.04 Å². The zero-order chi connectivity index (χ0) is 27.3. The molecule has 0 aliphatic carbocycles. The van der Waals surface area contributed by atoms with Gasteiger partial charge >= 0.3 is 0 Å². The summed E-state index contributed by atoms with van der Waals surface area (Å²) in [4.78, 5) is 39.9. The van der Waals surface area contributed by atoms with Gasteiger partial charge in [-0.05, 0) is 36.2 Å². The zero-order valence-electron chi connectivity index (χ0n) is 21.5. The SMILES string of the molecule is CC(C)C(=O)N1C[C@H](NC(=O)[C@@H]2CC(F)(F)CN2)C[C@@H]1C(=O)NCc1ccc(C#Cc2ccccc2)cc1. The van der Waals surface area contributed by atoms with E-state index in [1.165, 1.54) is 4.90 Å². The number of nitrogens with one attached hydrogen (secondary N) is 3. The predicted octanol–water partition coefficient (Wildman–Crippen LogP) is 2.44. The molecule has 3 N–H and O–H groups in total. The number of nitrogens with zero attached hydrogens (tertiary/aromatic N) is 1. The van der Waals surface area contributed by atoms with Gasteiger partial charge in [-0.15, -0.1) is 0 Å². The summed E-state index contributed by atoms with van der Waals surface area (Å²) in [5, 5.41) is 8.17. The number of rotatable bonds is 6. The van der Waals surface area contributed by atoms with Crippen molar-refractivity contribution in [2.75, 3.05) is 13.1 Å². The minimum Gasteiger partial charge on any atom is -0.350 e. The molecule has 0 bridgehead atoms. The van der Waals surface area contributed by atoms with E-state index < -0.39 is 42.9 Å². The van der Waals surface area contributed by atoms with Crippen LogP contribution in [0.15, 0.2) is 54.6 Å². The first kappa shape index (κ1) is 27.3. The fourth-order valence-corrected chi connectivity index (χ4v) is 4.65. The molecule has 7 nitrogen and oxygen atoms in total. The molecule has 200 valence electrons. The second-order valence-electron chi connectivity index (χ2n) is 10.1. The van der Waals surface area contributed by atoms with Gasteiger partial charge in [0.25, 0.3) is 5.92 Å². The van der Waals surface area contributed by atoms with Gasteiger partial charge in [-0.3, -0.25) is 19.7 Å². The lowest BCUT2D eigenvalue weighted by Crippen LogP contribution is -2.47. The Bertz CT molecular complexity index is 1220. The van der Waals surface area contributed by atoms with Crippen molar-refractivity contribution in [3.63, 3.8) is 0 Å². The molecule has 2 aromatic rings. The fraction of sp³-hybridized carbons (Fsp3) is 0.414. The van der Waals surface area contributed by atoms with Gasteiger partial charge in [0.15, 0.2) is 0 Å². The highest BCUT2D eigenvalue weighted by Crippen LogP contribution is 2.26. The van der Waals surface area contributed by atoms with E-state index in [4.69, 9.17) is 0 Å². The second-order valence-corrected chi connectivity index (χ2v) is 10.1. The van der Waals surface area contributed by atoms with E-state index in [0.29, 0.717) is 0 Å². The molecule has 9 heteroatoms. The van der Waals surface area contributed by atoms with Crippen LogP contribution in [0.2, 0.25) is 0 Å². The molecule has 2 saturated heterocycles. The second kappa shape index (κ2) is 11.7. The Hall–Kier alpha value is -3.77. The third-order valence-corrected chi connectivity index (χ3v) is 6.70. The number of carbonyl (C=O) groups excluding carboxylic acids is 3. The van der Waals surface area contributed by atoms with E-state index in [-0.39, 0.29) is 37.2 Å². The minimum atomic E-state index is -2.92. The number of benzene rings is 2. The number of carbonyl (C=O) groups is 3. The van der Waals surface area contributed by atoms with Crippen LogP contribution >= 0.6 is 0 Å². The summed E-state index contributed by atoms with van der Waals surface area (Å²) in [6, 6.07) is 15.0. The van der Waals surface area contributed by atoms with Crippen LogP contribution in [0.3, 0.4) is 0 Å². The maximum atomic E-state index is 13.5. The molecule has 2 fully saturated rings. The Morgan fingerprint density at radius 1 is 1.03 bits per heavy atom. The molecule has 38 heavy (non-hydrogen) atoms. The van der Waals surface area contributed by atoms with Crippen LogP contribution in [0.4, 0.5) is 8.78 Å². The van der Waals surface area contributed by atoms with Crippen LogP contribution in [0.25, 0.3) is 0 Å². The lowest BCUT2D eigenvalue weighted by molar-refractivity contribution is -0.140. The Kier molecular flexibility index (Phi) is 8.42. The van der Waals surface area contributed by atoms with E-state index in [1.807, 2.05) is 54.6 Å². The van der Waals surface area contributed by atoms with Crippen molar-refractivity contribution in [1.29, 1.82) is 0 Å². The molecule has 0 unspecified atom stereocenters. The Morgan fingerprint density at radius 3 is 2.29 bits per heavy atom. The minimum absolute atomic E-state index is 0.152. The molecule has 2 aliphatic rings. The number of likely N-dealkylation sites (tertiary alicyclic amines) is 1. The summed E-state index contributed by atoms with van der Waals surface area (Å²) in [5.74, 6) is 1.89. The predicted molar refractivity (Wildman–Crippen MR) is 139 cm³/mol. The van der Waals surface area contributed by atoms with Crippen molar-refractivity contribution in [3.05, 3.63) is 71.3 Å². The number of hydrogen-bond donors (Lipinski definition) is 3. The molecule has 3 atom stereocenters. The Labute approximate surface area is 221 Å². The molecule has 3 amide bonds. The van der Waals surface area contributed by atoms with Crippen molar-refractivity contribution in [3.8, 4) is 11.8 Å². The average molecular weight is 523 g/mol. The summed E-state index contributed by atoms with van der Waals surface area (Å²) < 4.78 is 27.0. The maximum absolute atomic E-state index is 13.5. The van der Waals surface area contributed by atoms with Gasteiger partial charge in [-0.25, -0.2) is 8.78 Å². The summed E-state index contributed by atoms with van der Waals surface area (Å²) in [6.45, 7) is 3.37. The highest BCUT2D eigenvalue weighted by molar-refractivity contribution is 5.89. The molecule has 0 radical (unpaired) electrons. The van der Waals surface area contributed by atoms with Crippen molar-refractivity contribution < 1.29 is 23.2 Å². The van der Waals surface area contributed by atoms with Crippen LogP contribution in [-0.4, -0.2) is 59.8 Å². The largest absolute Gasteiger partial charge is 0.350 e. The third-order valence-electron chi connectivity index (χ3n) is 6.70. The van der Waals surface area contributed by atoms with Crippen molar-refractivity contribution >= 4 is 17.7 Å². The smallest absolute Gasteiger partial charge is 0.262 e. The van der Waals surface area contributed by atoms with Crippen LogP contribution in [0.1, 0.15) is 43.4 Å². The lowest BCUT2D eigenvalue weighted by atomic mass is 10.1.